The van der Waals surface area contributed by atoms with E-state index in [1.54, 1.807) is 12.1 Å². The van der Waals surface area contributed by atoms with Gasteiger partial charge in [0.15, 0.2) is 0 Å². The van der Waals surface area contributed by atoms with Crippen LogP contribution < -0.4 is 5.32 Å². The predicted molar refractivity (Wildman–Crippen MR) is 108 cm³/mol. The van der Waals surface area contributed by atoms with Gasteiger partial charge in [-0.25, -0.2) is 0 Å². The molecule has 1 N–H and O–H groups in total. The standard InChI is InChI=1S/C22H31N3O3/c1-2-19(26)24-15-11-17(12-16-24)20(22(28)25-13-7-4-8-14-25)23-21(27)18-9-5-3-6-10-18/h3,5-6,9-10,17,20H,2,4,7-8,11-16H2,1H3,(H,23,27)/t20-/m1/s1. The Balaban J connectivity index is 1.72. The first kappa shape index (κ1) is 20.4. The summed E-state index contributed by atoms with van der Waals surface area (Å²) in [6, 6.07) is 8.52. The molecule has 152 valence electrons. The molecule has 0 aliphatic carbocycles. The fourth-order valence-electron chi connectivity index (χ4n) is 4.21. The van der Waals surface area contributed by atoms with Crippen LogP contribution in [-0.2, 0) is 9.59 Å². The van der Waals surface area contributed by atoms with Gasteiger partial charge in [0.2, 0.25) is 11.8 Å². The van der Waals surface area contributed by atoms with Crippen LogP contribution >= 0.6 is 0 Å². The van der Waals surface area contributed by atoms with E-state index in [1.807, 2.05) is 34.9 Å². The molecule has 2 fully saturated rings. The third-order valence-electron chi connectivity index (χ3n) is 5.92. The van der Waals surface area contributed by atoms with Crippen molar-refractivity contribution in [1.82, 2.24) is 15.1 Å². The van der Waals surface area contributed by atoms with Crippen molar-refractivity contribution in [1.29, 1.82) is 0 Å². The summed E-state index contributed by atoms with van der Waals surface area (Å²) >= 11 is 0. The first-order valence-corrected chi connectivity index (χ1v) is 10.5. The molecule has 1 aromatic carbocycles. The molecule has 0 unspecified atom stereocenters. The zero-order valence-electron chi connectivity index (χ0n) is 16.7. The van der Waals surface area contributed by atoms with E-state index in [4.69, 9.17) is 0 Å². The number of nitrogens with one attached hydrogen (secondary N) is 1. The highest BCUT2D eigenvalue weighted by Gasteiger charge is 2.36. The summed E-state index contributed by atoms with van der Waals surface area (Å²) in [5, 5.41) is 3.02. The monoisotopic (exact) mass is 385 g/mol. The lowest BCUT2D eigenvalue weighted by molar-refractivity contribution is -0.136. The van der Waals surface area contributed by atoms with Crippen molar-refractivity contribution in [2.45, 2.75) is 51.5 Å². The smallest absolute Gasteiger partial charge is 0.251 e. The van der Waals surface area contributed by atoms with Gasteiger partial charge in [-0.05, 0) is 50.2 Å². The Morgan fingerprint density at radius 2 is 1.61 bits per heavy atom. The fraction of sp³-hybridized carbons (Fsp3) is 0.591. The summed E-state index contributed by atoms with van der Waals surface area (Å²) in [5.41, 5.74) is 0.567. The molecule has 2 aliphatic rings. The summed E-state index contributed by atoms with van der Waals surface area (Å²) in [5.74, 6) is 0.0425. The van der Waals surface area contributed by atoms with Crippen molar-refractivity contribution in [3.63, 3.8) is 0 Å². The van der Waals surface area contributed by atoms with Crippen LogP contribution in [-0.4, -0.2) is 59.7 Å². The van der Waals surface area contributed by atoms with Crippen molar-refractivity contribution in [3.8, 4) is 0 Å². The SMILES string of the molecule is CCC(=O)N1CCC([C@@H](NC(=O)c2ccccc2)C(=O)N2CCCCC2)CC1. The zero-order valence-corrected chi connectivity index (χ0v) is 16.7. The van der Waals surface area contributed by atoms with E-state index in [0.29, 0.717) is 25.1 Å². The van der Waals surface area contributed by atoms with Crippen LogP contribution in [0.5, 0.6) is 0 Å². The van der Waals surface area contributed by atoms with E-state index in [9.17, 15) is 14.4 Å². The number of hydrogen-bond acceptors (Lipinski definition) is 3. The van der Waals surface area contributed by atoms with E-state index in [0.717, 1.165) is 45.2 Å². The summed E-state index contributed by atoms with van der Waals surface area (Å²) in [6.07, 6.45) is 5.19. The van der Waals surface area contributed by atoms with Crippen LogP contribution in [0.3, 0.4) is 0 Å². The van der Waals surface area contributed by atoms with E-state index >= 15 is 0 Å². The minimum Gasteiger partial charge on any atom is -0.343 e. The molecule has 2 saturated heterocycles. The third-order valence-corrected chi connectivity index (χ3v) is 5.92. The number of nitrogens with zero attached hydrogens (tertiary/aromatic N) is 2. The van der Waals surface area contributed by atoms with Crippen LogP contribution in [0.2, 0.25) is 0 Å². The molecule has 0 bridgehead atoms. The summed E-state index contributed by atoms with van der Waals surface area (Å²) in [4.78, 5) is 41.8. The summed E-state index contributed by atoms with van der Waals surface area (Å²) in [7, 11) is 0. The van der Waals surface area contributed by atoms with E-state index in [-0.39, 0.29) is 23.6 Å². The van der Waals surface area contributed by atoms with Crippen LogP contribution in [0, 0.1) is 5.92 Å². The first-order chi connectivity index (χ1) is 13.6. The maximum absolute atomic E-state index is 13.3. The highest BCUT2D eigenvalue weighted by Crippen LogP contribution is 2.24. The van der Waals surface area contributed by atoms with Gasteiger partial charge in [0.05, 0.1) is 0 Å². The second kappa shape index (κ2) is 9.71. The maximum atomic E-state index is 13.3. The molecule has 6 nitrogen and oxygen atoms in total. The molecule has 1 aromatic rings. The number of hydrogen-bond donors (Lipinski definition) is 1. The number of likely N-dealkylation sites (tertiary alicyclic amines) is 2. The number of amides is 3. The maximum Gasteiger partial charge on any atom is 0.251 e. The van der Waals surface area contributed by atoms with Crippen LogP contribution in [0.25, 0.3) is 0 Å². The van der Waals surface area contributed by atoms with Crippen molar-refractivity contribution >= 4 is 17.7 Å². The van der Waals surface area contributed by atoms with Gasteiger partial charge in [-0.3, -0.25) is 14.4 Å². The summed E-state index contributed by atoms with van der Waals surface area (Å²) < 4.78 is 0. The lowest BCUT2D eigenvalue weighted by Crippen LogP contribution is -2.55. The molecular weight excluding hydrogens is 354 g/mol. The van der Waals surface area contributed by atoms with Crippen molar-refractivity contribution in [2.24, 2.45) is 5.92 Å². The molecule has 2 heterocycles. The van der Waals surface area contributed by atoms with Crippen LogP contribution in [0.4, 0.5) is 0 Å². The lowest BCUT2D eigenvalue weighted by Gasteiger charge is -2.38. The third kappa shape index (κ3) is 4.91. The first-order valence-electron chi connectivity index (χ1n) is 10.5. The second-order valence-corrected chi connectivity index (χ2v) is 7.77. The Labute approximate surface area is 167 Å². The molecule has 3 amide bonds. The molecule has 28 heavy (non-hydrogen) atoms. The number of benzene rings is 1. The van der Waals surface area contributed by atoms with Gasteiger partial charge in [-0.1, -0.05) is 25.1 Å². The molecule has 0 aromatic heterocycles. The molecule has 0 radical (unpaired) electrons. The van der Waals surface area contributed by atoms with Gasteiger partial charge in [0.25, 0.3) is 5.91 Å². The van der Waals surface area contributed by atoms with Gasteiger partial charge >= 0.3 is 0 Å². The van der Waals surface area contributed by atoms with Crippen LogP contribution in [0.15, 0.2) is 30.3 Å². The number of carbonyl (C=O) groups is 3. The largest absolute Gasteiger partial charge is 0.343 e. The normalized spacial score (nSPS) is 19.2. The molecule has 6 heteroatoms. The quantitative estimate of drug-likeness (QED) is 0.846. The van der Waals surface area contributed by atoms with Gasteiger partial charge in [0, 0.05) is 38.2 Å². The number of carbonyl (C=O) groups excluding carboxylic acids is 3. The summed E-state index contributed by atoms with van der Waals surface area (Å²) in [6.45, 7) is 4.72. The lowest BCUT2D eigenvalue weighted by atomic mass is 9.87. The predicted octanol–water partition coefficient (Wildman–Crippen LogP) is 2.45. The number of piperidine rings is 2. The Kier molecular flexibility index (Phi) is 7.06. The Morgan fingerprint density at radius 1 is 0.964 bits per heavy atom. The van der Waals surface area contributed by atoms with E-state index in [1.165, 1.54) is 0 Å². The molecular formula is C22H31N3O3. The highest BCUT2D eigenvalue weighted by atomic mass is 16.2. The van der Waals surface area contributed by atoms with Crippen LogP contribution in [0.1, 0.15) is 55.8 Å². The molecule has 3 rings (SSSR count). The van der Waals surface area contributed by atoms with E-state index in [2.05, 4.69) is 5.32 Å². The molecule has 0 spiro atoms. The second-order valence-electron chi connectivity index (χ2n) is 7.77. The Morgan fingerprint density at radius 3 is 2.21 bits per heavy atom. The van der Waals surface area contributed by atoms with Crippen molar-refractivity contribution in [3.05, 3.63) is 35.9 Å². The fourth-order valence-corrected chi connectivity index (χ4v) is 4.21. The molecule has 1 atom stereocenters. The van der Waals surface area contributed by atoms with E-state index < -0.39 is 6.04 Å². The highest BCUT2D eigenvalue weighted by molar-refractivity contribution is 5.97. The van der Waals surface area contributed by atoms with Gasteiger partial charge in [0.1, 0.15) is 6.04 Å². The van der Waals surface area contributed by atoms with Crippen molar-refractivity contribution in [2.75, 3.05) is 26.2 Å². The molecule has 2 aliphatic heterocycles. The zero-order chi connectivity index (χ0) is 19.9. The van der Waals surface area contributed by atoms with Crippen molar-refractivity contribution < 1.29 is 14.4 Å². The minimum atomic E-state index is -0.523. The Bertz CT molecular complexity index is 678. The minimum absolute atomic E-state index is 0.0317. The topological polar surface area (TPSA) is 69.7 Å². The average molecular weight is 386 g/mol. The van der Waals surface area contributed by atoms with Gasteiger partial charge in [-0.2, -0.15) is 0 Å². The van der Waals surface area contributed by atoms with Gasteiger partial charge < -0.3 is 15.1 Å². The Hall–Kier alpha value is -2.37. The average Bonchev–Trinajstić information content (AvgIpc) is 2.77. The van der Waals surface area contributed by atoms with Gasteiger partial charge in [-0.15, -0.1) is 0 Å². The number of rotatable bonds is 5. The molecule has 0 saturated carbocycles.